The predicted octanol–water partition coefficient (Wildman–Crippen LogP) is 2.45. The van der Waals surface area contributed by atoms with Gasteiger partial charge in [-0.1, -0.05) is 13.0 Å². The largest absolute Gasteiger partial charge is 0.453 e. The SMILES string of the molecule is CCC(=O)Nc1cccc(NC(=O)[C@H]2CCCN(C(=O)OC)C2)c1. The molecule has 0 bridgehead atoms. The van der Waals surface area contributed by atoms with Gasteiger partial charge in [0.25, 0.3) is 0 Å². The highest BCUT2D eigenvalue weighted by Gasteiger charge is 2.28. The lowest BCUT2D eigenvalue weighted by molar-refractivity contribution is -0.121. The summed E-state index contributed by atoms with van der Waals surface area (Å²) < 4.78 is 4.71. The van der Waals surface area contributed by atoms with Gasteiger partial charge in [-0.25, -0.2) is 4.79 Å². The third-order valence-corrected chi connectivity index (χ3v) is 3.96. The first-order chi connectivity index (χ1) is 11.5. The van der Waals surface area contributed by atoms with E-state index in [0.29, 0.717) is 30.9 Å². The molecule has 1 aliphatic rings. The fourth-order valence-corrected chi connectivity index (χ4v) is 2.65. The van der Waals surface area contributed by atoms with Crippen LogP contribution in [-0.2, 0) is 14.3 Å². The number of ether oxygens (including phenoxy) is 1. The summed E-state index contributed by atoms with van der Waals surface area (Å²) >= 11 is 0. The van der Waals surface area contributed by atoms with Crippen LogP contribution in [0.3, 0.4) is 0 Å². The molecule has 130 valence electrons. The summed E-state index contributed by atoms with van der Waals surface area (Å²) in [6.07, 6.45) is 1.48. The molecule has 2 rings (SSSR count). The van der Waals surface area contributed by atoms with Crippen molar-refractivity contribution in [1.29, 1.82) is 0 Å². The summed E-state index contributed by atoms with van der Waals surface area (Å²) in [5, 5.41) is 5.61. The highest BCUT2D eigenvalue weighted by atomic mass is 16.5. The molecule has 0 spiro atoms. The minimum atomic E-state index is -0.406. The topological polar surface area (TPSA) is 87.7 Å². The Labute approximate surface area is 141 Å². The third-order valence-electron chi connectivity index (χ3n) is 3.96. The highest BCUT2D eigenvalue weighted by Crippen LogP contribution is 2.21. The molecular formula is C17H23N3O4. The van der Waals surface area contributed by atoms with E-state index >= 15 is 0 Å². The summed E-state index contributed by atoms with van der Waals surface area (Å²) in [4.78, 5) is 37.0. The second kappa shape index (κ2) is 8.33. The van der Waals surface area contributed by atoms with E-state index in [1.54, 1.807) is 36.1 Å². The lowest BCUT2D eigenvalue weighted by Crippen LogP contribution is -2.43. The summed E-state index contributed by atoms with van der Waals surface area (Å²) in [7, 11) is 1.34. The number of anilines is 2. The number of hydrogen-bond acceptors (Lipinski definition) is 4. The van der Waals surface area contributed by atoms with Gasteiger partial charge in [0.05, 0.1) is 13.0 Å². The molecule has 0 aliphatic carbocycles. The molecule has 1 aromatic carbocycles. The number of nitrogens with zero attached hydrogens (tertiary/aromatic N) is 1. The van der Waals surface area contributed by atoms with Crippen LogP contribution >= 0.6 is 0 Å². The Morgan fingerprint density at radius 2 is 1.96 bits per heavy atom. The lowest BCUT2D eigenvalue weighted by atomic mass is 9.97. The molecule has 0 aromatic heterocycles. The van der Waals surface area contributed by atoms with Gasteiger partial charge < -0.3 is 20.3 Å². The maximum absolute atomic E-state index is 12.4. The van der Waals surface area contributed by atoms with Gasteiger partial charge in [0, 0.05) is 30.9 Å². The van der Waals surface area contributed by atoms with Crippen LogP contribution in [0.25, 0.3) is 0 Å². The number of hydrogen-bond donors (Lipinski definition) is 2. The zero-order valence-electron chi connectivity index (χ0n) is 14.0. The summed E-state index contributed by atoms with van der Waals surface area (Å²) in [6, 6.07) is 7.01. The van der Waals surface area contributed by atoms with Gasteiger partial charge in [-0.05, 0) is 31.0 Å². The number of rotatable bonds is 4. The molecule has 1 aliphatic heterocycles. The Morgan fingerprint density at radius 1 is 1.25 bits per heavy atom. The number of methoxy groups -OCH3 is 1. The van der Waals surface area contributed by atoms with Gasteiger partial charge in [0.1, 0.15) is 0 Å². The molecule has 2 N–H and O–H groups in total. The van der Waals surface area contributed by atoms with Crippen molar-refractivity contribution in [3.63, 3.8) is 0 Å². The van der Waals surface area contributed by atoms with Crippen molar-refractivity contribution in [1.82, 2.24) is 4.90 Å². The molecule has 7 heteroatoms. The number of likely N-dealkylation sites (tertiary alicyclic amines) is 1. The Hall–Kier alpha value is -2.57. The molecule has 1 aromatic rings. The molecule has 1 heterocycles. The van der Waals surface area contributed by atoms with E-state index in [1.807, 2.05) is 0 Å². The predicted molar refractivity (Wildman–Crippen MR) is 90.7 cm³/mol. The van der Waals surface area contributed by atoms with Crippen molar-refractivity contribution in [3.05, 3.63) is 24.3 Å². The van der Waals surface area contributed by atoms with E-state index in [2.05, 4.69) is 10.6 Å². The van der Waals surface area contributed by atoms with Gasteiger partial charge in [0.2, 0.25) is 11.8 Å². The summed E-state index contributed by atoms with van der Waals surface area (Å²) in [5.74, 6) is -0.492. The van der Waals surface area contributed by atoms with E-state index in [1.165, 1.54) is 7.11 Å². The minimum absolute atomic E-state index is 0.0838. The van der Waals surface area contributed by atoms with Crippen LogP contribution in [-0.4, -0.2) is 43.0 Å². The number of benzene rings is 1. The van der Waals surface area contributed by atoms with Crippen molar-refractivity contribution >= 4 is 29.3 Å². The van der Waals surface area contributed by atoms with E-state index in [-0.39, 0.29) is 17.7 Å². The van der Waals surface area contributed by atoms with E-state index in [0.717, 1.165) is 12.8 Å². The monoisotopic (exact) mass is 333 g/mol. The second-order valence-electron chi connectivity index (χ2n) is 5.73. The highest BCUT2D eigenvalue weighted by molar-refractivity contribution is 5.95. The smallest absolute Gasteiger partial charge is 0.409 e. The van der Waals surface area contributed by atoms with Crippen molar-refractivity contribution in [3.8, 4) is 0 Å². The van der Waals surface area contributed by atoms with Crippen LogP contribution in [0.5, 0.6) is 0 Å². The van der Waals surface area contributed by atoms with Gasteiger partial charge in [-0.2, -0.15) is 0 Å². The fraction of sp³-hybridized carbons (Fsp3) is 0.471. The Balaban J connectivity index is 1.97. The maximum atomic E-state index is 12.4. The molecule has 24 heavy (non-hydrogen) atoms. The van der Waals surface area contributed by atoms with E-state index in [4.69, 9.17) is 4.74 Å². The maximum Gasteiger partial charge on any atom is 0.409 e. The number of piperidine rings is 1. The summed E-state index contributed by atoms with van der Waals surface area (Å²) in [5.41, 5.74) is 1.25. The zero-order valence-corrected chi connectivity index (χ0v) is 14.0. The van der Waals surface area contributed by atoms with Crippen molar-refractivity contribution < 1.29 is 19.1 Å². The van der Waals surface area contributed by atoms with Gasteiger partial charge in [0.15, 0.2) is 0 Å². The number of amides is 3. The van der Waals surface area contributed by atoms with E-state index in [9.17, 15) is 14.4 Å². The van der Waals surface area contributed by atoms with Gasteiger partial charge in [-0.15, -0.1) is 0 Å². The first-order valence-corrected chi connectivity index (χ1v) is 8.07. The molecule has 1 fully saturated rings. The standard InChI is InChI=1S/C17H23N3O4/c1-3-15(21)18-13-7-4-8-14(10-13)19-16(22)12-6-5-9-20(11-12)17(23)24-2/h4,7-8,10,12H,3,5-6,9,11H2,1-2H3,(H,18,21)(H,19,22)/t12-/m0/s1. The minimum Gasteiger partial charge on any atom is -0.453 e. The normalized spacial score (nSPS) is 17.1. The molecule has 1 atom stereocenters. The molecule has 1 saturated heterocycles. The number of nitrogens with one attached hydrogen (secondary N) is 2. The Morgan fingerprint density at radius 3 is 2.62 bits per heavy atom. The molecule has 3 amide bonds. The molecule has 0 saturated carbocycles. The molecule has 0 radical (unpaired) electrons. The van der Waals surface area contributed by atoms with Crippen LogP contribution < -0.4 is 10.6 Å². The molecular weight excluding hydrogens is 310 g/mol. The average molecular weight is 333 g/mol. The van der Waals surface area contributed by atoms with Crippen LogP contribution in [0.15, 0.2) is 24.3 Å². The first kappa shape index (κ1) is 17.8. The van der Waals surface area contributed by atoms with Crippen LogP contribution in [0.4, 0.5) is 16.2 Å². The Bertz CT molecular complexity index is 618. The second-order valence-corrected chi connectivity index (χ2v) is 5.73. The zero-order chi connectivity index (χ0) is 17.5. The van der Waals surface area contributed by atoms with Crippen LogP contribution in [0.2, 0.25) is 0 Å². The van der Waals surface area contributed by atoms with Crippen molar-refractivity contribution in [2.45, 2.75) is 26.2 Å². The third kappa shape index (κ3) is 4.71. The lowest BCUT2D eigenvalue weighted by Gasteiger charge is -2.30. The number of carbonyl (C=O) groups excluding carboxylic acids is 3. The van der Waals surface area contributed by atoms with Crippen molar-refractivity contribution in [2.24, 2.45) is 5.92 Å². The molecule has 7 nitrogen and oxygen atoms in total. The van der Waals surface area contributed by atoms with Gasteiger partial charge >= 0.3 is 6.09 Å². The van der Waals surface area contributed by atoms with Crippen LogP contribution in [0.1, 0.15) is 26.2 Å². The first-order valence-electron chi connectivity index (χ1n) is 8.07. The summed E-state index contributed by atoms with van der Waals surface area (Å²) in [6.45, 7) is 2.73. The fourth-order valence-electron chi connectivity index (χ4n) is 2.65. The molecule has 0 unspecified atom stereocenters. The van der Waals surface area contributed by atoms with Crippen LogP contribution in [0, 0.1) is 5.92 Å². The Kier molecular flexibility index (Phi) is 6.17. The van der Waals surface area contributed by atoms with Gasteiger partial charge in [-0.3, -0.25) is 9.59 Å². The average Bonchev–Trinajstić information content (AvgIpc) is 2.61. The van der Waals surface area contributed by atoms with Crippen molar-refractivity contribution in [2.75, 3.05) is 30.8 Å². The number of carbonyl (C=O) groups is 3. The quantitative estimate of drug-likeness (QED) is 0.886. The van der Waals surface area contributed by atoms with E-state index < -0.39 is 6.09 Å².